The molecule has 3 rings (SSSR count). The van der Waals surface area contributed by atoms with Crippen molar-refractivity contribution >= 4 is 28.0 Å². The van der Waals surface area contributed by atoms with Gasteiger partial charge in [-0.3, -0.25) is 4.79 Å². The molecule has 0 aromatic heterocycles. The summed E-state index contributed by atoms with van der Waals surface area (Å²) in [4.78, 5) is 16.6. The molecule has 0 N–H and O–H groups in total. The monoisotopic (exact) mass is 309 g/mol. The predicted molar refractivity (Wildman–Crippen MR) is 91.3 cm³/mol. The molecule has 0 radical (unpaired) electrons. The van der Waals surface area contributed by atoms with Crippen LogP contribution in [0.15, 0.2) is 59.2 Å². The Hall–Kier alpha value is -2.33. The highest BCUT2D eigenvalue weighted by atomic mass is 32.2. The highest BCUT2D eigenvalue weighted by molar-refractivity contribution is 8.27. The Kier molecular flexibility index (Phi) is 4.11. The smallest absolute Gasteiger partial charge is 0.244 e. The van der Waals surface area contributed by atoms with Crippen molar-refractivity contribution in [2.24, 2.45) is 4.99 Å². The lowest BCUT2D eigenvalue weighted by Gasteiger charge is -2.03. The number of para-hydroxylation sites is 1. The molecule has 1 heterocycles. The number of methoxy groups -OCH3 is 1. The van der Waals surface area contributed by atoms with Crippen LogP contribution in [0.2, 0.25) is 0 Å². The fraction of sp³-hybridized carbons (Fsp3) is 0.111. The van der Waals surface area contributed by atoms with Crippen molar-refractivity contribution in [2.45, 2.75) is 6.92 Å². The first-order chi connectivity index (χ1) is 10.7. The van der Waals surface area contributed by atoms with E-state index in [0.29, 0.717) is 5.70 Å². The molecule has 1 aliphatic heterocycles. The van der Waals surface area contributed by atoms with Gasteiger partial charge in [0.2, 0.25) is 5.12 Å². The molecule has 4 heteroatoms. The Labute approximate surface area is 133 Å². The fourth-order valence-corrected chi connectivity index (χ4v) is 2.94. The summed E-state index contributed by atoms with van der Waals surface area (Å²) in [6, 6.07) is 15.6. The lowest BCUT2D eigenvalue weighted by atomic mass is 10.1. The lowest BCUT2D eigenvalue weighted by molar-refractivity contribution is -0.107. The summed E-state index contributed by atoms with van der Waals surface area (Å²) >= 11 is 1.17. The van der Waals surface area contributed by atoms with E-state index in [1.54, 1.807) is 13.2 Å². The van der Waals surface area contributed by atoms with E-state index in [-0.39, 0.29) is 5.12 Å². The van der Waals surface area contributed by atoms with Crippen molar-refractivity contribution in [3.63, 3.8) is 0 Å². The zero-order chi connectivity index (χ0) is 15.5. The maximum Gasteiger partial charge on any atom is 0.244 e. The molecule has 0 aliphatic carbocycles. The Morgan fingerprint density at radius 1 is 1.09 bits per heavy atom. The van der Waals surface area contributed by atoms with E-state index < -0.39 is 0 Å². The second-order valence-corrected chi connectivity index (χ2v) is 5.91. The maximum atomic E-state index is 12.2. The van der Waals surface area contributed by atoms with Gasteiger partial charge in [0.25, 0.3) is 0 Å². The van der Waals surface area contributed by atoms with Crippen molar-refractivity contribution in [3.05, 3.63) is 70.9 Å². The van der Waals surface area contributed by atoms with Crippen LogP contribution in [-0.2, 0) is 4.79 Å². The van der Waals surface area contributed by atoms with E-state index in [0.717, 1.165) is 21.9 Å². The van der Waals surface area contributed by atoms with Gasteiger partial charge in [0.05, 0.1) is 7.11 Å². The Morgan fingerprint density at radius 3 is 2.55 bits per heavy atom. The minimum absolute atomic E-state index is 0.0403. The molecule has 2 aromatic rings. The summed E-state index contributed by atoms with van der Waals surface area (Å²) in [5.41, 5.74) is 3.45. The number of aliphatic imine (C=N–C) groups is 1. The molecule has 0 amide bonds. The van der Waals surface area contributed by atoms with Crippen LogP contribution in [-0.4, -0.2) is 17.3 Å². The lowest BCUT2D eigenvalue weighted by Crippen LogP contribution is -1.92. The van der Waals surface area contributed by atoms with Crippen LogP contribution in [0.4, 0.5) is 0 Å². The molecule has 0 saturated heterocycles. The topological polar surface area (TPSA) is 38.7 Å². The zero-order valence-corrected chi connectivity index (χ0v) is 13.2. The van der Waals surface area contributed by atoms with Crippen LogP contribution in [0.1, 0.15) is 16.7 Å². The molecule has 2 aromatic carbocycles. The molecule has 0 saturated carbocycles. The van der Waals surface area contributed by atoms with Crippen molar-refractivity contribution in [1.82, 2.24) is 0 Å². The van der Waals surface area contributed by atoms with Gasteiger partial charge >= 0.3 is 0 Å². The summed E-state index contributed by atoms with van der Waals surface area (Å²) in [7, 11) is 1.61. The summed E-state index contributed by atoms with van der Waals surface area (Å²) in [6.07, 6.45) is 1.77. The number of aryl methyl sites for hydroxylation is 1. The van der Waals surface area contributed by atoms with Crippen molar-refractivity contribution in [1.29, 1.82) is 0 Å². The molecule has 0 bridgehead atoms. The van der Waals surface area contributed by atoms with Crippen LogP contribution in [0.5, 0.6) is 5.75 Å². The summed E-state index contributed by atoms with van der Waals surface area (Å²) in [5, 5.41) is 0.702. The van der Waals surface area contributed by atoms with Crippen molar-refractivity contribution in [2.75, 3.05) is 7.11 Å². The molecule has 0 unspecified atom stereocenters. The van der Waals surface area contributed by atoms with Gasteiger partial charge < -0.3 is 4.74 Å². The second kappa shape index (κ2) is 6.20. The molecule has 1 aliphatic rings. The van der Waals surface area contributed by atoms with Crippen molar-refractivity contribution < 1.29 is 9.53 Å². The third-order valence-electron chi connectivity index (χ3n) is 3.35. The normalized spacial score (nSPS) is 16.0. The third kappa shape index (κ3) is 2.97. The Balaban J connectivity index is 1.96. The van der Waals surface area contributed by atoms with Gasteiger partial charge in [-0.15, -0.1) is 0 Å². The van der Waals surface area contributed by atoms with Crippen LogP contribution in [0, 0.1) is 6.92 Å². The summed E-state index contributed by atoms with van der Waals surface area (Å²) < 4.78 is 5.30. The van der Waals surface area contributed by atoms with E-state index in [9.17, 15) is 4.79 Å². The molecular weight excluding hydrogens is 294 g/mol. The van der Waals surface area contributed by atoms with Gasteiger partial charge in [0.15, 0.2) is 0 Å². The summed E-state index contributed by atoms with van der Waals surface area (Å²) in [5.74, 6) is 0.729. The van der Waals surface area contributed by atoms with Crippen LogP contribution in [0.3, 0.4) is 0 Å². The SMILES string of the molecule is COc1ccccc1/C=C1\N=C(c2ccc(C)cc2)SC1=O. The highest BCUT2D eigenvalue weighted by Gasteiger charge is 2.23. The number of carbonyl (C=O) groups is 1. The highest BCUT2D eigenvalue weighted by Crippen LogP contribution is 2.30. The quantitative estimate of drug-likeness (QED) is 0.802. The number of rotatable bonds is 3. The van der Waals surface area contributed by atoms with Gasteiger partial charge in [0, 0.05) is 11.1 Å². The van der Waals surface area contributed by atoms with Gasteiger partial charge in [-0.1, -0.05) is 48.0 Å². The predicted octanol–water partition coefficient (Wildman–Crippen LogP) is 4.06. The second-order valence-electron chi connectivity index (χ2n) is 4.94. The van der Waals surface area contributed by atoms with Gasteiger partial charge in [0.1, 0.15) is 16.5 Å². The Bertz CT molecular complexity index is 776. The molecule has 22 heavy (non-hydrogen) atoms. The maximum absolute atomic E-state index is 12.2. The number of thioether (sulfide) groups is 1. The van der Waals surface area contributed by atoms with Gasteiger partial charge in [-0.25, -0.2) is 4.99 Å². The first-order valence-corrected chi connectivity index (χ1v) is 7.71. The molecule has 0 fully saturated rings. The fourth-order valence-electron chi connectivity index (χ4n) is 2.16. The molecular formula is C18H15NO2S. The van der Waals surface area contributed by atoms with E-state index in [1.165, 1.54) is 17.3 Å². The largest absolute Gasteiger partial charge is 0.496 e. The van der Waals surface area contributed by atoms with Gasteiger partial charge in [-0.2, -0.15) is 0 Å². The Morgan fingerprint density at radius 2 is 1.82 bits per heavy atom. The summed E-state index contributed by atoms with van der Waals surface area (Å²) in [6.45, 7) is 2.03. The van der Waals surface area contributed by atoms with Crippen LogP contribution >= 0.6 is 11.8 Å². The standard InChI is InChI=1S/C18H15NO2S/c1-12-7-9-13(10-8-12)17-19-15(18(20)22-17)11-14-5-3-4-6-16(14)21-2/h3-11H,1-2H3/b15-11-. The first-order valence-electron chi connectivity index (χ1n) is 6.90. The third-order valence-corrected chi connectivity index (χ3v) is 4.27. The number of hydrogen-bond acceptors (Lipinski definition) is 4. The zero-order valence-electron chi connectivity index (χ0n) is 12.4. The van der Waals surface area contributed by atoms with Gasteiger partial charge in [-0.05, 0) is 30.8 Å². The van der Waals surface area contributed by atoms with Crippen LogP contribution in [0.25, 0.3) is 6.08 Å². The van der Waals surface area contributed by atoms with E-state index in [1.807, 2.05) is 55.5 Å². The van der Waals surface area contributed by atoms with E-state index >= 15 is 0 Å². The molecule has 3 nitrogen and oxygen atoms in total. The number of benzene rings is 2. The van der Waals surface area contributed by atoms with E-state index in [2.05, 4.69) is 4.99 Å². The average molecular weight is 309 g/mol. The molecule has 0 spiro atoms. The van der Waals surface area contributed by atoms with Crippen molar-refractivity contribution in [3.8, 4) is 5.75 Å². The van der Waals surface area contributed by atoms with E-state index in [4.69, 9.17) is 4.74 Å². The van der Waals surface area contributed by atoms with Crippen LogP contribution < -0.4 is 4.74 Å². The minimum atomic E-state index is -0.0403. The average Bonchev–Trinajstić information content (AvgIpc) is 2.89. The number of ether oxygens (including phenoxy) is 1. The number of carbonyl (C=O) groups excluding carboxylic acids is 1. The molecule has 0 atom stereocenters. The number of hydrogen-bond donors (Lipinski definition) is 0. The minimum Gasteiger partial charge on any atom is -0.496 e. The number of nitrogens with zero attached hydrogens (tertiary/aromatic N) is 1. The first kappa shape index (κ1) is 14.6. The molecule has 110 valence electrons.